The van der Waals surface area contributed by atoms with E-state index in [0.29, 0.717) is 29.3 Å². The molecular weight excluding hydrogens is 372 g/mol. The molecule has 0 amide bonds. The first kappa shape index (κ1) is 19.7. The van der Waals surface area contributed by atoms with Gasteiger partial charge in [-0.3, -0.25) is 4.79 Å². The molecule has 0 N–H and O–H groups in total. The summed E-state index contributed by atoms with van der Waals surface area (Å²) in [4.78, 5) is 25.4. The largest absolute Gasteiger partial charge is 0.455 e. The zero-order chi connectivity index (χ0) is 19.9. The number of carbonyl (C=O) groups excluding carboxylic acids is 2. The molecule has 0 aliphatic heterocycles. The van der Waals surface area contributed by atoms with Gasteiger partial charge in [-0.15, -0.1) is 11.8 Å². The number of furan rings is 1. The van der Waals surface area contributed by atoms with Gasteiger partial charge in [0.1, 0.15) is 17.3 Å². The molecule has 142 valence electrons. The highest BCUT2D eigenvalue weighted by atomic mass is 32.2. The highest BCUT2D eigenvalue weighted by Gasteiger charge is 2.24. The van der Waals surface area contributed by atoms with Crippen LogP contribution in [0.3, 0.4) is 0 Å². The molecule has 0 fully saturated rings. The van der Waals surface area contributed by atoms with Gasteiger partial charge in [0.25, 0.3) is 0 Å². The van der Waals surface area contributed by atoms with Crippen LogP contribution >= 0.6 is 11.8 Å². The van der Waals surface area contributed by atoms with Crippen LogP contribution in [0, 0.1) is 0 Å². The molecule has 1 heterocycles. The summed E-state index contributed by atoms with van der Waals surface area (Å²) in [6.45, 7) is 1.82. The van der Waals surface area contributed by atoms with Crippen molar-refractivity contribution in [3.8, 4) is 17.1 Å². The Morgan fingerprint density at radius 1 is 1.04 bits per heavy atom. The third-order valence-electron chi connectivity index (χ3n) is 4.06. The molecule has 28 heavy (non-hydrogen) atoms. The van der Waals surface area contributed by atoms with E-state index in [4.69, 9.17) is 9.15 Å². The highest BCUT2D eigenvalue weighted by molar-refractivity contribution is 7.98. The molecule has 5 heteroatoms. The second-order valence-corrected chi connectivity index (χ2v) is 6.73. The number of para-hydroxylation sites is 1. The number of hydrogen-bond donors (Lipinski definition) is 0. The molecule has 0 aliphatic rings. The molecule has 3 rings (SSSR count). The zero-order valence-corrected chi connectivity index (χ0v) is 16.5. The number of carbonyl (C=O) groups is 2. The van der Waals surface area contributed by atoms with E-state index in [9.17, 15) is 9.59 Å². The van der Waals surface area contributed by atoms with Crippen LogP contribution in [-0.2, 0) is 4.79 Å². The predicted octanol–water partition coefficient (Wildman–Crippen LogP) is 5.88. The van der Waals surface area contributed by atoms with Crippen LogP contribution in [0.2, 0.25) is 0 Å². The van der Waals surface area contributed by atoms with Crippen LogP contribution in [0.15, 0.2) is 76.1 Å². The van der Waals surface area contributed by atoms with Gasteiger partial charge in [0.2, 0.25) is 0 Å². The number of ketones is 1. The van der Waals surface area contributed by atoms with Gasteiger partial charge in [0.15, 0.2) is 5.78 Å². The summed E-state index contributed by atoms with van der Waals surface area (Å²) in [6.07, 6.45) is 5.11. The summed E-state index contributed by atoms with van der Waals surface area (Å²) in [6, 6.07) is 18.3. The van der Waals surface area contributed by atoms with E-state index in [1.807, 2.05) is 49.6 Å². The van der Waals surface area contributed by atoms with E-state index in [-0.39, 0.29) is 5.78 Å². The minimum absolute atomic E-state index is 0.00142. The lowest BCUT2D eigenvalue weighted by Gasteiger charge is -2.02. The maximum atomic E-state index is 12.6. The average molecular weight is 392 g/mol. The van der Waals surface area contributed by atoms with Crippen LogP contribution < -0.4 is 4.74 Å². The first-order valence-electron chi connectivity index (χ1n) is 8.88. The minimum Gasteiger partial charge on any atom is -0.455 e. The number of ether oxygens (including phenoxy) is 1. The van der Waals surface area contributed by atoms with Gasteiger partial charge < -0.3 is 9.15 Å². The first-order valence-corrected chi connectivity index (χ1v) is 10.1. The van der Waals surface area contributed by atoms with E-state index in [1.165, 1.54) is 17.8 Å². The van der Waals surface area contributed by atoms with Gasteiger partial charge in [-0.2, -0.15) is 0 Å². The summed E-state index contributed by atoms with van der Waals surface area (Å²) in [5, 5.41) is 0. The summed E-state index contributed by atoms with van der Waals surface area (Å²) in [5.74, 6) is 0.937. The summed E-state index contributed by atoms with van der Waals surface area (Å²) in [7, 11) is 0. The fourth-order valence-electron chi connectivity index (χ4n) is 2.75. The van der Waals surface area contributed by atoms with Gasteiger partial charge in [-0.1, -0.05) is 55.5 Å². The normalized spacial score (nSPS) is 10.9. The molecule has 0 unspecified atom stereocenters. The van der Waals surface area contributed by atoms with Crippen molar-refractivity contribution in [2.75, 3.05) is 6.26 Å². The highest BCUT2D eigenvalue weighted by Crippen LogP contribution is 2.38. The Kier molecular flexibility index (Phi) is 6.50. The van der Waals surface area contributed by atoms with Crippen LogP contribution in [0.5, 0.6) is 5.75 Å². The fourth-order valence-corrected chi connectivity index (χ4v) is 3.47. The topological polar surface area (TPSA) is 56.5 Å². The van der Waals surface area contributed by atoms with E-state index in [0.717, 1.165) is 10.5 Å². The Morgan fingerprint density at radius 3 is 2.29 bits per heavy atom. The summed E-state index contributed by atoms with van der Waals surface area (Å²) >= 11 is 1.42. The first-order chi connectivity index (χ1) is 13.6. The molecule has 0 saturated heterocycles. The van der Waals surface area contributed by atoms with Crippen LogP contribution in [0.4, 0.5) is 0 Å². The van der Waals surface area contributed by atoms with Gasteiger partial charge >= 0.3 is 5.97 Å². The van der Waals surface area contributed by atoms with Crippen molar-refractivity contribution in [3.05, 3.63) is 78.1 Å². The van der Waals surface area contributed by atoms with Gasteiger partial charge in [-0.25, -0.2) is 4.79 Å². The molecule has 0 spiro atoms. The smallest absolute Gasteiger partial charge is 0.336 e. The maximum absolute atomic E-state index is 12.6. The Labute approximate surface area is 168 Å². The van der Waals surface area contributed by atoms with Crippen molar-refractivity contribution < 1.29 is 18.7 Å². The van der Waals surface area contributed by atoms with Gasteiger partial charge in [-0.05, 0) is 24.5 Å². The molecule has 0 saturated carbocycles. The van der Waals surface area contributed by atoms with E-state index in [1.54, 1.807) is 30.3 Å². The number of esters is 1. The number of thioether (sulfide) groups is 1. The molecule has 2 aromatic carbocycles. The van der Waals surface area contributed by atoms with E-state index < -0.39 is 5.97 Å². The SMILES string of the molecule is CCC(=O)c1c(-c2ccccc2)oc(/C=C/C(=O)Oc2ccccc2)c1SC. The van der Waals surface area contributed by atoms with Crippen molar-refractivity contribution in [2.24, 2.45) is 0 Å². The number of rotatable bonds is 7. The van der Waals surface area contributed by atoms with Crippen LogP contribution in [-0.4, -0.2) is 18.0 Å². The van der Waals surface area contributed by atoms with Crippen molar-refractivity contribution in [2.45, 2.75) is 18.2 Å². The van der Waals surface area contributed by atoms with Crippen LogP contribution in [0.1, 0.15) is 29.5 Å². The lowest BCUT2D eigenvalue weighted by molar-refractivity contribution is -0.128. The number of benzene rings is 2. The Hall–Kier alpha value is -3.05. The van der Waals surface area contributed by atoms with Crippen LogP contribution in [0.25, 0.3) is 17.4 Å². The second kappa shape index (κ2) is 9.24. The van der Waals surface area contributed by atoms with Gasteiger partial charge in [0, 0.05) is 18.1 Å². The zero-order valence-electron chi connectivity index (χ0n) is 15.7. The second-order valence-electron chi connectivity index (χ2n) is 5.91. The third-order valence-corrected chi connectivity index (χ3v) is 4.88. The molecule has 0 aliphatic carbocycles. The fraction of sp³-hybridized carbons (Fsp3) is 0.130. The standard InChI is InChI=1S/C23H20O4S/c1-3-18(24)21-22(16-10-6-4-7-11-16)27-19(23(21)28-2)14-15-20(25)26-17-12-8-5-9-13-17/h4-15H,3H2,1-2H3/b15-14+. The quantitative estimate of drug-likeness (QED) is 0.165. The van der Waals surface area contributed by atoms with Crippen molar-refractivity contribution in [3.63, 3.8) is 0 Å². The molecular formula is C23H20O4S. The molecule has 1 aromatic heterocycles. The lowest BCUT2D eigenvalue weighted by Crippen LogP contribution is -2.03. The van der Waals surface area contributed by atoms with Gasteiger partial charge in [0.05, 0.1) is 10.5 Å². The van der Waals surface area contributed by atoms with Crippen molar-refractivity contribution >= 4 is 29.6 Å². The van der Waals surface area contributed by atoms with E-state index in [2.05, 4.69) is 0 Å². The predicted molar refractivity (Wildman–Crippen MR) is 112 cm³/mol. The number of Topliss-reactive ketones (excluding diaryl/α,β-unsaturated/α-hetero) is 1. The molecule has 0 atom stereocenters. The number of hydrogen-bond acceptors (Lipinski definition) is 5. The maximum Gasteiger partial charge on any atom is 0.336 e. The molecule has 0 bridgehead atoms. The monoisotopic (exact) mass is 392 g/mol. The Bertz CT molecular complexity index is 988. The summed E-state index contributed by atoms with van der Waals surface area (Å²) in [5.41, 5.74) is 1.37. The molecule has 3 aromatic rings. The minimum atomic E-state index is -0.515. The summed E-state index contributed by atoms with van der Waals surface area (Å²) < 4.78 is 11.3. The van der Waals surface area contributed by atoms with Crippen molar-refractivity contribution in [1.29, 1.82) is 0 Å². The Balaban J connectivity index is 1.95. The Morgan fingerprint density at radius 2 is 1.68 bits per heavy atom. The average Bonchev–Trinajstić information content (AvgIpc) is 3.11. The van der Waals surface area contributed by atoms with Crippen molar-refractivity contribution in [1.82, 2.24) is 0 Å². The molecule has 0 radical (unpaired) electrons. The lowest BCUT2D eigenvalue weighted by atomic mass is 10.0. The van der Waals surface area contributed by atoms with E-state index >= 15 is 0 Å². The third kappa shape index (κ3) is 4.43. The molecule has 4 nitrogen and oxygen atoms in total.